The lowest BCUT2D eigenvalue weighted by molar-refractivity contribution is -0.146. The highest BCUT2D eigenvalue weighted by molar-refractivity contribution is 5.79. The number of hydrogen-bond donors (Lipinski definition) is 0. The molecular formula is C18H25NO4. The number of hydrogen-bond acceptors (Lipinski definition) is 4. The Morgan fingerprint density at radius 3 is 2.43 bits per heavy atom. The second-order valence-electron chi connectivity index (χ2n) is 5.52. The molecule has 0 bridgehead atoms. The van der Waals surface area contributed by atoms with E-state index in [1.165, 1.54) is 7.11 Å². The summed E-state index contributed by atoms with van der Waals surface area (Å²) < 4.78 is 10.4. The quantitative estimate of drug-likeness (QED) is 0.546. The standard InChI is InChI=1S/C18H25NO4/c1-6-10-19(11-15(4)18(21)22-5)16(20)12-23-17-13(2)8-7-9-14(17)3/h6-9,15H,1,10-12H2,2-5H3. The SMILES string of the molecule is C=CCN(CC(C)C(=O)OC)C(=O)COc1c(C)cccc1C. The monoisotopic (exact) mass is 319 g/mol. The van der Waals surface area contributed by atoms with Gasteiger partial charge in [0.2, 0.25) is 0 Å². The van der Waals surface area contributed by atoms with E-state index in [0.29, 0.717) is 6.54 Å². The smallest absolute Gasteiger partial charge is 0.310 e. The van der Waals surface area contributed by atoms with Gasteiger partial charge >= 0.3 is 5.97 Å². The van der Waals surface area contributed by atoms with Gasteiger partial charge in [-0.3, -0.25) is 9.59 Å². The molecule has 0 aliphatic rings. The Morgan fingerprint density at radius 2 is 1.91 bits per heavy atom. The predicted octanol–water partition coefficient (Wildman–Crippen LogP) is 2.51. The van der Waals surface area contributed by atoms with Crippen LogP contribution in [0.1, 0.15) is 18.1 Å². The molecule has 0 aliphatic carbocycles. The first-order chi connectivity index (χ1) is 10.9. The number of para-hydroxylation sites is 1. The van der Waals surface area contributed by atoms with Crippen molar-refractivity contribution in [2.24, 2.45) is 5.92 Å². The third kappa shape index (κ3) is 5.43. The lowest BCUT2D eigenvalue weighted by Crippen LogP contribution is -2.40. The summed E-state index contributed by atoms with van der Waals surface area (Å²) in [4.78, 5) is 25.4. The van der Waals surface area contributed by atoms with Crippen molar-refractivity contribution in [1.82, 2.24) is 4.90 Å². The normalized spacial score (nSPS) is 11.5. The summed E-state index contributed by atoms with van der Waals surface area (Å²) in [5, 5.41) is 0. The number of aryl methyl sites for hydroxylation is 2. The van der Waals surface area contributed by atoms with E-state index < -0.39 is 5.92 Å². The van der Waals surface area contributed by atoms with Gasteiger partial charge < -0.3 is 14.4 Å². The van der Waals surface area contributed by atoms with Gasteiger partial charge in [-0.1, -0.05) is 31.2 Å². The van der Waals surface area contributed by atoms with E-state index in [2.05, 4.69) is 6.58 Å². The number of amides is 1. The Hall–Kier alpha value is -2.30. The van der Waals surface area contributed by atoms with Gasteiger partial charge in [-0.05, 0) is 25.0 Å². The number of esters is 1. The highest BCUT2D eigenvalue weighted by Crippen LogP contribution is 2.22. The number of carbonyl (C=O) groups excluding carboxylic acids is 2. The molecule has 1 rings (SSSR count). The summed E-state index contributed by atoms with van der Waals surface area (Å²) in [7, 11) is 1.34. The van der Waals surface area contributed by atoms with Crippen LogP contribution in [0.4, 0.5) is 0 Å². The summed E-state index contributed by atoms with van der Waals surface area (Å²) >= 11 is 0. The van der Waals surface area contributed by atoms with Crippen LogP contribution in [0, 0.1) is 19.8 Å². The van der Waals surface area contributed by atoms with E-state index in [1.807, 2.05) is 32.0 Å². The molecule has 1 aromatic carbocycles. The predicted molar refractivity (Wildman–Crippen MR) is 89.4 cm³/mol. The van der Waals surface area contributed by atoms with Gasteiger partial charge in [-0.2, -0.15) is 0 Å². The fraction of sp³-hybridized carbons (Fsp3) is 0.444. The molecule has 0 aromatic heterocycles. The van der Waals surface area contributed by atoms with Crippen molar-refractivity contribution in [3.63, 3.8) is 0 Å². The molecule has 5 heteroatoms. The highest BCUT2D eigenvalue weighted by Gasteiger charge is 2.21. The number of methoxy groups -OCH3 is 1. The maximum absolute atomic E-state index is 12.4. The zero-order valence-corrected chi connectivity index (χ0v) is 14.3. The topological polar surface area (TPSA) is 55.8 Å². The first kappa shape index (κ1) is 18.7. The molecule has 1 unspecified atom stereocenters. The fourth-order valence-electron chi connectivity index (χ4n) is 2.29. The number of rotatable bonds is 8. The van der Waals surface area contributed by atoms with Gasteiger partial charge in [-0.15, -0.1) is 6.58 Å². The van der Waals surface area contributed by atoms with Crippen molar-refractivity contribution in [3.05, 3.63) is 42.0 Å². The molecular weight excluding hydrogens is 294 g/mol. The van der Waals surface area contributed by atoms with Crippen molar-refractivity contribution in [2.45, 2.75) is 20.8 Å². The van der Waals surface area contributed by atoms with Crippen molar-refractivity contribution < 1.29 is 19.1 Å². The van der Waals surface area contributed by atoms with Crippen molar-refractivity contribution >= 4 is 11.9 Å². The first-order valence-corrected chi connectivity index (χ1v) is 7.56. The molecule has 23 heavy (non-hydrogen) atoms. The van der Waals surface area contributed by atoms with Crippen LogP contribution in [0.2, 0.25) is 0 Å². The molecule has 126 valence electrons. The highest BCUT2D eigenvalue weighted by atomic mass is 16.5. The molecule has 1 atom stereocenters. The summed E-state index contributed by atoms with van der Waals surface area (Å²) in [6, 6.07) is 5.82. The average Bonchev–Trinajstić information content (AvgIpc) is 2.52. The second-order valence-corrected chi connectivity index (χ2v) is 5.52. The molecule has 5 nitrogen and oxygen atoms in total. The third-order valence-electron chi connectivity index (χ3n) is 3.55. The molecule has 0 heterocycles. The lowest BCUT2D eigenvalue weighted by Gasteiger charge is -2.24. The van der Waals surface area contributed by atoms with Gasteiger partial charge in [0, 0.05) is 13.1 Å². The zero-order valence-electron chi connectivity index (χ0n) is 14.3. The molecule has 0 spiro atoms. The number of nitrogens with zero attached hydrogens (tertiary/aromatic N) is 1. The Bertz CT molecular complexity index is 548. The van der Waals surface area contributed by atoms with E-state index in [4.69, 9.17) is 9.47 Å². The van der Waals surface area contributed by atoms with Crippen molar-refractivity contribution in [3.8, 4) is 5.75 Å². The summed E-state index contributed by atoms with van der Waals surface area (Å²) in [6.07, 6.45) is 1.63. The molecule has 0 fully saturated rings. The lowest BCUT2D eigenvalue weighted by atomic mass is 10.1. The first-order valence-electron chi connectivity index (χ1n) is 7.56. The zero-order chi connectivity index (χ0) is 17.4. The van der Waals surface area contributed by atoms with Gasteiger partial charge in [0.25, 0.3) is 5.91 Å². The molecule has 0 saturated carbocycles. The van der Waals surface area contributed by atoms with Gasteiger partial charge in [-0.25, -0.2) is 0 Å². The minimum Gasteiger partial charge on any atom is -0.483 e. The third-order valence-corrected chi connectivity index (χ3v) is 3.55. The average molecular weight is 319 g/mol. The summed E-state index contributed by atoms with van der Waals surface area (Å²) in [5.41, 5.74) is 1.96. The van der Waals surface area contributed by atoms with Crippen LogP contribution in [-0.2, 0) is 14.3 Å². The van der Waals surface area contributed by atoms with Gasteiger partial charge in [0.1, 0.15) is 5.75 Å². The molecule has 1 amide bonds. The van der Waals surface area contributed by atoms with Gasteiger partial charge in [0.15, 0.2) is 6.61 Å². The van der Waals surface area contributed by atoms with E-state index in [9.17, 15) is 9.59 Å². The maximum atomic E-state index is 12.4. The number of benzene rings is 1. The number of ether oxygens (including phenoxy) is 2. The Balaban J connectivity index is 2.71. The molecule has 0 saturated heterocycles. The van der Waals surface area contributed by atoms with E-state index >= 15 is 0 Å². The van der Waals surface area contributed by atoms with E-state index in [-0.39, 0.29) is 25.0 Å². The summed E-state index contributed by atoms with van der Waals surface area (Å²) in [6.45, 7) is 9.80. The van der Waals surface area contributed by atoms with E-state index in [0.717, 1.165) is 16.9 Å². The van der Waals surface area contributed by atoms with Crippen LogP contribution in [0.3, 0.4) is 0 Å². The Labute approximate surface area is 137 Å². The van der Waals surface area contributed by atoms with E-state index in [1.54, 1.807) is 17.9 Å². The van der Waals surface area contributed by atoms with Gasteiger partial charge in [0.05, 0.1) is 13.0 Å². The number of carbonyl (C=O) groups is 2. The van der Waals surface area contributed by atoms with Crippen LogP contribution in [0.15, 0.2) is 30.9 Å². The van der Waals surface area contributed by atoms with Crippen LogP contribution in [-0.4, -0.2) is 43.6 Å². The largest absolute Gasteiger partial charge is 0.483 e. The second kappa shape index (κ2) is 8.98. The Morgan fingerprint density at radius 1 is 1.30 bits per heavy atom. The Kier molecular flexibility index (Phi) is 7.32. The minimum absolute atomic E-state index is 0.0760. The van der Waals surface area contributed by atoms with Crippen molar-refractivity contribution in [1.29, 1.82) is 0 Å². The fourth-order valence-corrected chi connectivity index (χ4v) is 2.29. The molecule has 0 radical (unpaired) electrons. The van der Waals surface area contributed by atoms with Crippen LogP contribution >= 0.6 is 0 Å². The molecule has 0 N–H and O–H groups in total. The molecule has 1 aromatic rings. The van der Waals surface area contributed by atoms with Crippen LogP contribution < -0.4 is 4.74 Å². The summed E-state index contributed by atoms with van der Waals surface area (Å²) in [5.74, 6) is -0.213. The van der Waals surface area contributed by atoms with Crippen LogP contribution in [0.25, 0.3) is 0 Å². The maximum Gasteiger partial charge on any atom is 0.310 e. The minimum atomic E-state index is -0.399. The van der Waals surface area contributed by atoms with Crippen LogP contribution in [0.5, 0.6) is 5.75 Å². The van der Waals surface area contributed by atoms with Crippen molar-refractivity contribution in [2.75, 3.05) is 26.8 Å². The molecule has 0 aliphatic heterocycles.